The van der Waals surface area contributed by atoms with Gasteiger partial charge in [-0.25, -0.2) is 0 Å². The molecule has 1 aliphatic carbocycles. The Morgan fingerprint density at radius 2 is 1.74 bits per heavy atom. The molecule has 2 rings (SSSR count). The van der Waals surface area contributed by atoms with Crippen LogP contribution in [-0.4, -0.2) is 46.6 Å². The Kier molecular flexibility index (Phi) is 15.7. The zero-order valence-corrected chi connectivity index (χ0v) is 23.9. The second kappa shape index (κ2) is 18.7. The van der Waals surface area contributed by atoms with Crippen molar-refractivity contribution in [2.75, 3.05) is 6.54 Å². The molecule has 0 saturated heterocycles. The van der Waals surface area contributed by atoms with Gasteiger partial charge in [0.1, 0.15) is 18.9 Å². The molecule has 1 fully saturated rings. The second-order valence-corrected chi connectivity index (χ2v) is 11.0. The number of ether oxygens (including phenoxy) is 1. The summed E-state index contributed by atoms with van der Waals surface area (Å²) in [6.07, 6.45) is 12.9. The summed E-state index contributed by atoms with van der Waals surface area (Å²) in [4.78, 5) is 36.2. The van der Waals surface area contributed by atoms with Gasteiger partial charge in [-0.05, 0) is 62.8 Å². The van der Waals surface area contributed by atoms with Gasteiger partial charge in [-0.15, -0.1) is 0 Å². The Bertz CT molecular complexity index is 914. The fraction of sp³-hybridized carbons (Fsp3) is 0.656. The van der Waals surface area contributed by atoms with Gasteiger partial charge < -0.3 is 20.3 Å². The van der Waals surface area contributed by atoms with Crippen LogP contribution in [-0.2, 0) is 25.7 Å². The maximum atomic E-state index is 12.3. The molecule has 1 aromatic rings. The molecule has 7 nitrogen and oxygen atoms in total. The fourth-order valence-corrected chi connectivity index (χ4v) is 5.31. The van der Waals surface area contributed by atoms with Crippen molar-refractivity contribution in [3.63, 3.8) is 0 Å². The molecule has 0 radical (unpaired) electrons. The standard InChI is InChI=1S/C32H49NO6/c1-3-4-5-6-9-15-26(34)18-19-28-27(29(35)21-30(28)36)16-10-7-8-11-17-31(37)33-22-32(38)39-23-25-14-12-13-24(2)20-25/h7,10,12-14,20,27-30,35-36H,3-6,8-9,11,15-19,21-23H2,1-2H3,(H,33,37)/b10-7-/t27-,28-,29+,30-/m1/s1. The van der Waals surface area contributed by atoms with Crippen molar-refractivity contribution in [3.05, 3.63) is 47.5 Å². The number of allylic oxidation sites excluding steroid dienone is 2. The van der Waals surface area contributed by atoms with Gasteiger partial charge in [0.15, 0.2) is 0 Å². The Balaban J connectivity index is 1.59. The molecule has 0 spiro atoms. The topological polar surface area (TPSA) is 113 Å². The van der Waals surface area contributed by atoms with Crippen LogP contribution in [0.25, 0.3) is 0 Å². The molecule has 0 unspecified atom stereocenters. The van der Waals surface area contributed by atoms with Gasteiger partial charge in [-0.2, -0.15) is 0 Å². The summed E-state index contributed by atoms with van der Waals surface area (Å²) in [5, 5.41) is 23.5. The molecule has 7 heteroatoms. The molecule has 1 saturated carbocycles. The molecular formula is C32H49NO6. The Labute approximate surface area is 234 Å². The molecule has 1 aromatic carbocycles. The summed E-state index contributed by atoms with van der Waals surface area (Å²) < 4.78 is 5.20. The number of amides is 1. The van der Waals surface area contributed by atoms with Gasteiger partial charge in [0.25, 0.3) is 0 Å². The third-order valence-corrected chi connectivity index (χ3v) is 7.60. The van der Waals surface area contributed by atoms with E-state index in [9.17, 15) is 24.6 Å². The van der Waals surface area contributed by atoms with E-state index in [1.54, 1.807) is 0 Å². The third kappa shape index (κ3) is 13.4. The normalized spacial score (nSPS) is 20.8. The van der Waals surface area contributed by atoms with Crippen LogP contribution in [0.4, 0.5) is 0 Å². The summed E-state index contributed by atoms with van der Waals surface area (Å²) in [7, 11) is 0. The lowest BCUT2D eigenvalue weighted by Crippen LogP contribution is -2.30. The van der Waals surface area contributed by atoms with Crippen LogP contribution in [0.5, 0.6) is 0 Å². The molecule has 3 N–H and O–H groups in total. The van der Waals surface area contributed by atoms with Crippen LogP contribution in [0.1, 0.15) is 102 Å². The summed E-state index contributed by atoms with van der Waals surface area (Å²) in [6, 6.07) is 7.72. The minimum Gasteiger partial charge on any atom is -0.460 e. The SMILES string of the molecule is CCCCCCCC(=O)CC[C@@H]1[C@@H](C/C=C\CCCC(=O)NCC(=O)OCc2cccc(C)c2)[C@@H](O)C[C@H]1O. The Morgan fingerprint density at radius 1 is 0.974 bits per heavy atom. The highest BCUT2D eigenvalue weighted by Gasteiger charge is 2.40. The van der Waals surface area contributed by atoms with Crippen molar-refractivity contribution in [2.24, 2.45) is 11.8 Å². The molecule has 0 heterocycles. The molecular weight excluding hydrogens is 494 g/mol. The van der Waals surface area contributed by atoms with E-state index in [1.807, 2.05) is 43.3 Å². The maximum absolute atomic E-state index is 12.3. The van der Waals surface area contributed by atoms with Crippen molar-refractivity contribution in [2.45, 2.75) is 116 Å². The first kappa shape index (κ1) is 32.7. The fourth-order valence-electron chi connectivity index (χ4n) is 5.31. The smallest absolute Gasteiger partial charge is 0.325 e. The number of Topliss-reactive ketones (excluding diaryl/α,β-unsaturated/α-hetero) is 1. The first-order valence-electron chi connectivity index (χ1n) is 14.8. The number of hydrogen-bond acceptors (Lipinski definition) is 6. The van der Waals surface area contributed by atoms with E-state index in [4.69, 9.17) is 4.74 Å². The number of unbranched alkanes of at least 4 members (excludes halogenated alkanes) is 5. The molecule has 1 amide bonds. The predicted octanol–water partition coefficient (Wildman–Crippen LogP) is 5.34. The number of aliphatic hydroxyl groups excluding tert-OH is 2. The molecule has 0 aromatic heterocycles. The maximum Gasteiger partial charge on any atom is 0.325 e. The van der Waals surface area contributed by atoms with Crippen LogP contribution in [0, 0.1) is 18.8 Å². The summed E-state index contributed by atoms with van der Waals surface area (Å²) >= 11 is 0. The first-order valence-corrected chi connectivity index (χ1v) is 14.8. The lowest BCUT2D eigenvalue weighted by Gasteiger charge is -2.22. The minimum absolute atomic E-state index is 0.0530. The summed E-state index contributed by atoms with van der Waals surface area (Å²) in [6.45, 7) is 4.19. The quantitative estimate of drug-likeness (QED) is 0.123. The molecule has 1 aliphatic rings. The summed E-state index contributed by atoms with van der Waals surface area (Å²) in [5.41, 5.74) is 2.01. The van der Waals surface area contributed by atoms with Crippen LogP contribution in [0.3, 0.4) is 0 Å². The number of carbonyl (C=O) groups excluding carboxylic acids is 3. The number of benzene rings is 1. The van der Waals surface area contributed by atoms with E-state index in [0.29, 0.717) is 51.4 Å². The van der Waals surface area contributed by atoms with Gasteiger partial charge in [-0.1, -0.05) is 74.6 Å². The number of esters is 1. The van der Waals surface area contributed by atoms with Gasteiger partial charge in [0.2, 0.25) is 5.91 Å². The number of carbonyl (C=O) groups is 3. The van der Waals surface area contributed by atoms with Crippen molar-refractivity contribution < 1.29 is 29.3 Å². The lowest BCUT2D eigenvalue weighted by atomic mass is 9.86. The third-order valence-electron chi connectivity index (χ3n) is 7.60. The van der Waals surface area contributed by atoms with Gasteiger partial charge >= 0.3 is 5.97 Å². The molecule has 218 valence electrons. The highest BCUT2D eigenvalue weighted by molar-refractivity contribution is 5.81. The van der Waals surface area contributed by atoms with E-state index in [1.165, 1.54) is 19.3 Å². The predicted molar refractivity (Wildman–Crippen MR) is 153 cm³/mol. The first-order chi connectivity index (χ1) is 18.8. The van der Waals surface area contributed by atoms with E-state index < -0.39 is 18.2 Å². The zero-order valence-electron chi connectivity index (χ0n) is 23.9. The Morgan fingerprint density at radius 3 is 2.51 bits per heavy atom. The van der Waals surface area contributed by atoms with E-state index in [-0.39, 0.29) is 36.7 Å². The van der Waals surface area contributed by atoms with Crippen molar-refractivity contribution in [1.29, 1.82) is 0 Å². The van der Waals surface area contributed by atoms with E-state index in [2.05, 4.69) is 12.2 Å². The molecule has 0 aliphatic heterocycles. The lowest BCUT2D eigenvalue weighted by molar-refractivity contribution is -0.145. The van der Waals surface area contributed by atoms with Crippen LogP contribution in [0.2, 0.25) is 0 Å². The highest BCUT2D eigenvalue weighted by Crippen LogP contribution is 2.38. The number of rotatable bonds is 19. The molecule has 4 atom stereocenters. The average molecular weight is 544 g/mol. The number of aliphatic hydroxyl groups is 2. The Hall–Kier alpha value is -2.51. The molecule has 0 bridgehead atoms. The van der Waals surface area contributed by atoms with Crippen LogP contribution in [0.15, 0.2) is 36.4 Å². The number of ketones is 1. The average Bonchev–Trinajstić information content (AvgIpc) is 3.18. The van der Waals surface area contributed by atoms with Crippen molar-refractivity contribution >= 4 is 17.7 Å². The van der Waals surface area contributed by atoms with E-state index in [0.717, 1.165) is 24.0 Å². The largest absolute Gasteiger partial charge is 0.460 e. The minimum atomic E-state index is -0.567. The van der Waals surface area contributed by atoms with E-state index >= 15 is 0 Å². The monoisotopic (exact) mass is 543 g/mol. The van der Waals surface area contributed by atoms with Gasteiger partial charge in [0.05, 0.1) is 12.2 Å². The van der Waals surface area contributed by atoms with Gasteiger partial charge in [-0.3, -0.25) is 14.4 Å². The summed E-state index contributed by atoms with van der Waals surface area (Å²) in [5.74, 6) is -0.523. The van der Waals surface area contributed by atoms with Crippen LogP contribution < -0.4 is 5.32 Å². The zero-order chi connectivity index (χ0) is 28.5. The van der Waals surface area contributed by atoms with Crippen LogP contribution >= 0.6 is 0 Å². The van der Waals surface area contributed by atoms with Crippen molar-refractivity contribution in [3.8, 4) is 0 Å². The second-order valence-electron chi connectivity index (χ2n) is 11.0. The van der Waals surface area contributed by atoms with Gasteiger partial charge in [0, 0.05) is 19.3 Å². The molecule has 39 heavy (non-hydrogen) atoms. The highest BCUT2D eigenvalue weighted by atomic mass is 16.5. The number of hydrogen-bond donors (Lipinski definition) is 3. The number of aryl methyl sites for hydroxylation is 1. The van der Waals surface area contributed by atoms with Crippen molar-refractivity contribution in [1.82, 2.24) is 5.32 Å². The number of nitrogens with one attached hydrogen (secondary N) is 1.